The summed E-state index contributed by atoms with van der Waals surface area (Å²) in [4.78, 5) is 28.4. The van der Waals surface area contributed by atoms with E-state index < -0.39 is 0 Å². The van der Waals surface area contributed by atoms with Crippen molar-refractivity contribution in [2.45, 2.75) is 64.1 Å². The van der Waals surface area contributed by atoms with Crippen LogP contribution in [-0.4, -0.2) is 38.9 Å². The van der Waals surface area contributed by atoms with Crippen LogP contribution in [0.15, 0.2) is 12.4 Å². The molecular weight excluding hydrogens is 354 g/mol. The summed E-state index contributed by atoms with van der Waals surface area (Å²) < 4.78 is 5.53. The molecule has 1 fully saturated rings. The summed E-state index contributed by atoms with van der Waals surface area (Å²) in [6.45, 7) is 1.12. The number of hydrogen-bond donors (Lipinski definition) is 1. The average molecular weight is 379 g/mol. The van der Waals surface area contributed by atoms with Gasteiger partial charge in [-0.05, 0) is 38.2 Å². The highest BCUT2D eigenvalue weighted by molar-refractivity contribution is 5.98. The van der Waals surface area contributed by atoms with E-state index in [-0.39, 0.29) is 5.91 Å². The molecular formula is C21H25N5O2. The number of nitrogens with zero attached hydrogens (tertiary/aromatic N) is 4. The van der Waals surface area contributed by atoms with Crippen LogP contribution in [0.1, 0.15) is 65.0 Å². The van der Waals surface area contributed by atoms with Crippen LogP contribution in [0.3, 0.4) is 0 Å². The number of carbonyl (C=O) groups excluding carboxylic acids is 1. The molecule has 2 aliphatic carbocycles. The number of pyridine rings is 1. The van der Waals surface area contributed by atoms with Crippen molar-refractivity contribution in [3.8, 4) is 5.88 Å². The van der Waals surface area contributed by atoms with Gasteiger partial charge in [0.1, 0.15) is 12.1 Å². The van der Waals surface area contributed by atoms with Gasteiger partial charge in [-0.2, -0.15) is 0 Å². The molecule has 0 aromatic carbocycles. The van der Waals surface area contributed by atoms with Gasteiger partial charge >= 0.3 is 0 Å². The largest absolute Gasteiger partial charge is 0.481 e. The molecule has 0 bridgehead atoms. The Labute approximate surface area is 164 Å². The fraction of sp³-hybridized carbons (Fsp3) is 0.524. The molecule has 0 saturated heterocycles. The second-order valence-electron chi connectivity index (χ2n) is 7.88. The Bertz CT molecular complexity index is 923. The minimum Gasteiger partial charge on any atom is -0.481 e. The maximum absolute atomic E-state index is 13.0. The van der Waals surface area contributed by atoms with Crippen LogP contribution in [-0.2, 0) is 25.9 Å². The summed E-state index contributed by atoms with van der Waals surface area (Å²) in [5.41, 5.74) is 4.78. The van der Waals surface area contributed by atoms with Crippen LogP contribution in [0.4, 0.5) is 5.82 Å². The highest BCUT2D eigenvalue weighted by Crippen LogP contribution is 2.33. The molecule has 1 N–H and O–H groups in total. The van der Waals surface area contributed by atoms with Gasteiger partial charge in [0.05, 0.1) is 24.9 Å². The first-order valence-electron chi connectivity index (χ1n) is 10.2. The van der Waals surface area contributed by atoms with Crippen molar-refractivity contribution in [2.75, 3.05) is 12.4 Å². The quantitative estimate of drug-likeness (QED) is 0.860. The van der Waals surface area contributed by atoms with Crippen molar-refractivity contribution in [1.29, 1.82) is 0 Å². The minimum absolute atomic E-state index is 0.112. The zero-order valence-electron chi connectivity index (χ0n) is 16.2. The van der Waals surface area contributed by atoms with Gasteiger partial charge in [-0.25, -0.2) is 15.0 Å². The summed E-state index contributed by atoms with van der Waals surface area (Å²) in [5, 5.41) is 3.41. The standard InChI is InChI=1S/C21H25N5O2/c1-28-20-13(10-22-19-15-7-4-8-17(15)23-12-24-19)9-16-18(25-20)11-26(21(16)27)14-5-2-3-6-14/h9,12,14H,2-8,10-11H2,1H3,(H,22,23,24). The van der Waals surface area contributed by atoms with Crippen molar-refractivity contribution in [3.05, 3.63) is 40.5 Å². The van der Waals surface area contributed by atoms with E-state index in [9.17, 15) is 4.79 Å². The van der Waals surface area contributed by atoms with Gasteiger partial charge in [0.2, 0.25) is 5.88 Å². The van der Waals surface area contributed by atoms with Gasteiger partial charge < -0.3 is 15.0 Å². The third kappa shape index (κ3) is 2.89. The summed E-state index contributed by atoms with van der Waals surface area (Å²) in [7, 11) is 1.63. The van der Waals surface area contributed by atoms with Crippen molar-refractivity contribution < 1.29 is 9.53 Å². The average Bonchev–Trinajstić information content (AvgIpc) is 3.46. The zero-order valence-corrected chi connectivity index (χ0v) is 16.2. The number of amides is 1. The number of aryl methyl sites for hydroxylation is 1. The molecule has 1 saturated carbocycles. The topological polar surface area (TPSA) is 80.2 Å². The number of hydrogen-bond acceptors (Lipinski definition) is 6. The number of ether oxygens (including phenoxy) is 1. The third-order valence-corrected chi connectivity index (χ3v) is 6.23. The second-order valence-corrected chi connectivity index (χ2v) is 7.88. The maximum Gasteiger partial charge on any atom is 0.256 e. The van der Waals surface area contributed by atoms with E-state index in [1.807, 2.05) is 11.0 Å². The lowest BCUT2D eigenvalue weighted by molar-refractivity contribution is 0.0706. The highest BCUT2D eigenvalue weighted by Gasteiger charge is 2.36. The first-order valence-corrected chi connectivity index (χ1v) is 10.2. The molecule has 1 amide bonds. The van der Waals surface area contributed by atoms with Crippen LogP contribution in [0, 0.1) is 0 Å². The van der Waals surface area contributed by atoms with Gasteiger partial charge in [0.15, 0.2) is 0 Å². The van der Waals surface area contributed by atoms with E-state index >= 15 is 0 Å². The Kier molecular flexibility index (Phi) is 4.37. The molecule has 2 aromatic heterocycles. The van der Waals surface area contributed by atoms with E-state index in [2.05, 4.69) is 20.3 Å². The van der Waals surface area contributed by atoms with E-state index in [4.69, 9.17) is 4.74 Å². The van der Waals surface area contributed by atoms with E-state index in [0.29, 0.717) is 25.0 Å². The molecule has 0 unspecified atom stereocenters. The normalized spacial score (nSPS) is 18.5. The Balaban J connectivity index is 1.39. The molecule has 0 atom stereocenters. The van der Waals surface area contributed by atoms with Gasteiger partial charge in [-0.3, -0.25) is 4.79 Å². The van der Waals surface area contributed by atoms with Crippen LogP contribution in [0.25, 0.3) is 0 Å². The lowest BCUT2D eigenvalue weighted by Gasteiger charge is -2.22. The van der Waals surface area contributed by atoms with Crippen LogP contribution in [0.5, 0.6) is 5.88 Å². The number of fused-ring (bicyclic) bond motifs is 2. The maximum atomic E-state index is 13.0. The van der Waals surface area contributed by atoms with E-state index in [0.717, 1.165) is 60.4 Å². The predicted octanol–water partition coefficient (Wildman–Crippen LogP) is 2.88. The molecule has 7 heteroatoms. The molecule has 3 aliphatic rings. The van der Waals surface area contributed by atoms with Gasteiger partial charge in [0.25, 0.3) is 5.91 Å². The number of methoxy groups -OCH3 is 1. The van der Waals surface area contributed by atoms with Crippen molar-refractivity contribution in [3.63, 3.8) is 0 Å². The number of anilines is 1. The van der Waals surface area contributed by atoms with Gasteiger partial charge in [0, 0.05) is 29.4 Å². The number of carbonyl (C=O) groups is 1. The van der Waals surface area contributed by atoms with E-state index in [1.165, 1.54) is 18.4 Å². The fourth-order valence-electron chi connectivity index (χ4n) is 4.77. The van der Waals surface area contributed by atoms with Gasteiger partial charge in [-0.1, -0.05) is 12.8 Å². The predicted molar refractivity (Wildman–Crippen MR) is 104 cm³/mol. The minimum atomic E-state index is 0.112. The number of nitrogens with one attached hydrogen (secondary N) is 1. The van der Waals surface area contributed by atoms with Gasteiger partial charge in [-0.15, -0.1) is 0 Å². The molecule has 2 aromatic rings. The zero-order chi connectivity index (χ0) is 19.1. The van der Waals surface area contributed by atoms with Crippen LogP contribution >= 0.6 is 0 Å². The highest BCUT2D eigenvalue weighted by atomic mass is 16.5. The summed E-state index contributed by atoms with van der Waals surface area (Å²) >= 11 is 0. The Morgan fingerprint density at radius 2 is 2.04 bits per heavy atom. The lowest BCUT2D eigenvalue weighted by Crippen LogP contribution is -2.33. The molecule has 0 radical (unpaired) electrons. The Morgan fingerprint density at radius 3 is 2.86 bits per heavy atom. The number of aromatic nitrogens is 3. The Morgan fingerprint density at radius 1 is 1.18 bits per heavy atom. The SMILES string of the molecule is COc1nc2c(cc1CNc1ncnc3c1CCC3)C(=O)N(C1CCCC1)C2. The molecule has 0 spiro atoms. The molecule has 1 aliphatic heterocycles. The smallest absolute Gasteiger partial charge is 0.256 e. The summed E-state index contributed by atoms with van der Waals surface area (Å²) in [5.74, 6) is 1.57. The van der Waals surface area contributed by atoms with Crippen molar-refractivity contribution in [2.24, 2.45) is 0 Å². The first-order chi connectivity index (χ1) is 13.7. The third-order valence-electron chi connectivity index (χ3n) is 6.23. The van der Waals surface area contributed by atoms with E-state index in [1.54, 1.807) is 13.4 Å². The van der Waals surface area contributed by atoms with Crippen LogP contribution in [0.2, 0.25) is 0 Å². The molecule has 5 rings (SSSR count). The molecule has 146 valence electrons. The summed E-state index contributed by atoms with van der Waals surface area (Å²) in [6, 6.07) is 2.31. The fourth-order valence-corrected chi connectivity index (χ4v) is 4.77. The first kappa shape index (κ1) is 17.4. The van der Waals surface area contributed by atoms with Crippen LogP contribution < -0.4 is 10.1 Å². The van der Waals surface area contributed by atoms with Crippen molar-refractivity contribution >= 4 is 11.7 Å². The Hall–Kier alpha value is -2.70. The second kappa shape index (κ2) is 7.04. The molecule has 3 heterocycles. The molecule has 28 heavy (non-hydrogen) atoms. The monoisotopic (exact) mass is 379 g/mol. The van der Waals surface area contributed by atoms with Crippen molar-refractivity contribution in [1.82, 2.24) is 19.9 Å². The number of rotatable bonds is 5. The lowest BCUT2D eigenvalue weighted by atomic mass is 10.1. The molecule has 7 nitrogen and oxygen atoms in total. The summed E-state index contributed by atoms with van der Waals surface area (Å²) in [6.07, 6.45) is 9.38.